The third-order valence-corrected chi connectivity index (χ3v) is 9.07. The topological polar surface area (TPSA) is 141 Å². The number of hydrogen-bond acceptors (Lipinski definition) is 9. The first-order chi connectivity index (χ1) is 22.2. The molecular formula is C34H31N7O5. The minimum absolute atomic E-state index is 0.00243. The van der Waals surface area contributed by atoms with Crippen LogP contribution in [0.3, 0.4) is 0 Å². The average molecular weight is 618 g/mol. The van der Waals surface area contributed by atoms with Gasteiger partial charge in [-0.15, -0.1) is 0 Å². The Morgan fingerprint density at radius 3 is 2.28 bits per heavy atom. The molecule has 46 heavy (non-hydrogen) atoms. The molecule has 3 aliphatic heterocycles. The van der Waals surface area contributed by atoms with Crippen molar-refractivity contribution in [2.45, 2.75) is 51.2 Å². The molecule has 7 rings (SSSR count). The van der Waals surface area contributed by atoms with Crippen molar-refractivity contribution < 1.29 is 19.3 Å². The molecule has 1 saturated carbocycles. The zero-order valence-corrected chi connectivity index (χ0v) is 25.3. The van der Waals surface area contributed by atoms with E-state index in [-0.39, 0.29) is 35.8 Å². The van der Waals surface area contributed by atoms with Gasteiger partial charge in [0.05, 0.1) is 22.4 Å². The van der Waals surface area contributed by atoms with E-state index in [1.807, 2.05) is 31.2 Å². The Labute approximate surface area is 264 Å². The van der Waals surface area contributed by atoms with Gasteiger partial charge < -0.3 is 0 Å². The lowest BCUT2D eigenvalue weighted by Gasteiger charge is -2.30. The van der Waals surface area contributed by atoms with Crippen LogP contribution >= 0.6 is 0 Å². The van der Waals surface area contributed by atoms with Gasteiger partial charge in [-0.3, -0.25) is 29.5 Å². The van der Waals surface area contributed by atoms with Crippen LogP contribution in [0.15, 0.2) is 93.8 Å². The first-order valence-electron chi connectivity index (χ1n) is 15.2. The van der Waals surface area contributed by atoms with Gasteiger partial charge in [-0.2, -0.15) is 10.2 Å². The summed E-state index contributed by atoms with van der Waals surface area (Å²) in [6, 6.07) is 19.0. The SMILES string of the molecule is Cc1ccc(/C=C2\CCCC3C2=NN(C(=O)CN2N=NC4C(=O)N(c5ccc([N+](=O)[O-])cc5)C(=O)C42)C3c2ccc(C)cc2)cc1. The van der Waals surface area contributed by atoms with Crippen LogP contribution < -0.4 is 4.90 Å². The van der Waals surface area contributed by atoms with Gasteiger partial charge in [0.15, 0.2) is 12.1 Å². The fraction of sp³-hybridized carbons (Fsp3) is 0.294. The molecule has 1 aliphatic carbocycles. The summed E-state index contributed by atoms with van der Waals surface area (Å²) >= 11 is 0. The lowest BCUT2D eigenvalue weighted by molar-refractivity contribution is -0.384. The van der Waals surface area contributed by atoms with E-state index in [0.717, 1.165) is 52.1 Å². The monoisotopic (exact) mass is 617 g/mol. The van der Waals surface area contributed by atoms with Crippen LogP contribution in [0.4, 0.5) is 11.4 Å². The number of non-ortho nitro benzene ring substituents is 1. The van der Waals surface area contributed by atoms with Gasteiger partial charge in [0.25, 0.3) is 23.4 Å². The minimum Gasteiger partial charge on any atom is -0.271 e. The Morgan fingerprint density at radius 1 is 0.935 bits per heavy atom. The number of fused-ring (bicyclic) bond motifs is 2. The second-order valence-electron chi connectivity index (χ2n) is 12.1. The van der Waals surface area contributed by atoms with Crippen LogP contribution in [0.2, 0.25) is 0 Å². The van der Waals surface area contributed by atoms with Gasteiger partial charge in [0.2, 0.25) is 0 Å². The molecule has 232 valence electrons. The van der Waals surface area contributed by atoms with E-state index >= 15 is 0 Å². The molecule has 12 nitrogen and oxygen atoms in total. The number of carbonyl (C=O) groups excluding carboxylic acids is 3. The maximum Gasteiger partial charge on any atom is 0.269 e. The van der Waals surface area contributed by atoms with E-state index in [0.29, 0.717) is 0 Å². The van der Waals surface area contributed by atoms with Crippen LogP contribution in [-0.2, 0) is 14.4 Å². The molecule has 2 fully saturated rings. The standard InChI is InChI=1S/C34H31N7O5/c1-20-6-10-22(11-7-20)18-24-4-3-5-27-29(24)36-40(31(27)23-12-8-21(2)9-13-23)28(42)19-38-32-30(35-37-38)33(43)39(34(32)44)25-14-16-26(17-15-25)41(45)46/h6-18,27,30-32H,3-5,19H2,1-2H3/b24-18+. The number of amides is 3. The number of hydrogen-bond donors (Lipinski definition) is 0. The molecule has 0 N–H and O–H groups in total. The van der Waals surface area contributed by atoms with Gasteiger partial charge in [-0.05, 0) is 68.0 Å². The van der Waals surface area contributed by atoms with Crippen LogP contribution in [0.1, 0.15) is 47.6 Å². The quantitative estimate of drug-likeness (QED) is 0.208. The number of nitrogens with zero attached hydrogens (tertiary/aromatic N) is 7. The number of benzene rings is 3. The van der Waals surface area contributed by atoms with Gasteiger partial charge in [0, 0.05) is 18.1 Å². The molecule has 3 aromatic carbocycles. The normalized spacial score (nSPS) is 24.4. The molecule has 4 aliphatic rings. The van der Waals surface area contributed by atoms with Crippen molar-refractivity contribution in [2.75, 3.05) is 11.4 Å². The third kappa shape index (κ3) is 5.05. The van der Waals surface area contributed by atoms with Gasteiger partial charge in [-0.1, -0.05) is 64.9 Å². The highest BCUT2D eigenvalue weighted by molar-refractivity contribution is 6.25. The number of carbonyl (C=O) groups is 3. The molecule has 0 bridgehead atoms. The van der Waals surface area contributed by atoms with E-state index in [1.165, 1.54) is 39.8 Å². The van der Waals surface area contributed by atoms with E-state index in [4.69, 9.17) is 5.10 Å². The Kier molecular flexibility index (Phi) is 7.26. The van der Waals surface area contributed by atoms with Crippen molar-refractivity contribution in [2.24, 2.45) is 21.4 Å². The first-order valence-corrected chi connectivity index (χ1v) is 15.2. The molecule has 0 aromatic heterocycles. The molecule has 0 radical (unpaired) electrons. The number of hydrazone groups is 1. The average Bonchev–Trinajstić information content (AvgIpc) is 3.72. The number of anilines is 1. The Balaban J connectivity index is 1.17. The van der Waals surface area contributed by atoms with Gasteiger partial charge >= 0.3 is 0 Å². The molecule has 4 unspecified atom stereocenters. The maximum atomic E-state index is 14.1. The predicted octanol–water partition coefficient (Wildman–Crippen LogP) is 5.33. The van der Waals surface area contributed by atoms with Crippen LogP contribution in [0.25, 0.3) is 6.08 Å². The summed E-state index contributed by atoms with van der Waals surface area (Å²) in [5.41, 5.74) is 6.35. The van der Waals surface area contributed by atoms with Crippen LogP contribution in [0.5, 0.6) is 0 Å². The van der Waals surface area contributed by atoms with E-state index in [9.17, 15) is 24.5 Å². The highest BCUT2D eigenvalue weighted by Gasteiger charge is 2.55. The lowest BCUT2D eigenvalue weighted by atomic mass is 9.77. The van der Waals surface area contributed by atoms with E-state index in [1.54, 1.807) is 0 Å². The Bertz CT molecular complexity index is 1830. The van der Waals surface area contributed by atoms with Crippen LogP contribution in [0, 0.1) is 29.9 Å². The van der Waals surface area contributed by atoms with Crippen molar-refractivity contribution in [1.29, 1.82) is 0 Å². The minimum atomic E-state index is -1.11. The third-order valence-electron chi connectivity index (χ3n) is 9.07. The summed E-state index contributed by atoms with van der Waals surface area (Å²) in [4.78, 5) is 52.3. The molecule has 3 amide bonds. The summed E-state index contributed by atoms with van der Waals surface area (Å²) in [5.74, 6) is -1.56. The maximum absolute atomic E-state index is 14.1. The molecule has 4 atom stereocenters. The van der Waals surface area contributed by atoms with Crippen LogP contribution in [-0.4, -0.2) is 57.0 Å². The first kappa shape index (κ1) is 29.2. The number of allylic oxidation sites excluding steroid dienone is 1. The highest BCUT2D eigenvalue weighted by Crippen LogP contribution is 2.45. The van der Waals surface area contributed by atoms with Gasteiger partial charge in [-0.25, -0.2) is 9.91 Å². The molecule has 3 heterocycles. The second kappa shape index (κ2) is 11.4. The van der Waals surface area contributed by atoms with Gasteiger partial charge in [0.1, 0.15) is 6.54 Å². The van der Waals surface area contributed by atoms with Crippen molar-refractivity contribution in [3.05, 3.63) is 111 Å². The van der Waals surface area contributed by atoms with Crippen molar-refractivity contribution >= 4 is 40.9 Å². The number of rotatable bonds is 6. The molecule has 1 saturated heterocycles. The number of aryl methyl sites for hydroxylation is 2. The predicted molar refractivity (Wildman–Crippen MR) is 169 cm³/mol. The summed E-state index contributed by atoms with van der Waals surface area (Å²) in [5, 5.41) is 26.9. The smallest absolute Gasteiger partial charge is 0.269 e. The zero-order valence-electron chi connectivity index (χ0n) is 25.3. The molecule has 12 heteroatoms. The van der Waals surface area contributed by atoms with Crippen molar-refractivity contribution in [3.63, 3.8) is 0 Å². The Morgan fingerprint density at radius 2 is 1.61 bits per heavy atom. The molecule has 3 aromatic rings. The number of nitro groups is 1. The number of imide groups is 1. The fourth-order valence-corrected chi connectivity index (χ4v) is 6.71. The molecular weight excluding hydrogens is 586 g/mol. The number of nitro benzene ring substituents is 1. The van der Waals surface area contributed by atoms with E-state index < -0.39 is 28.8 Å². The second-order valence-corrected chi connectivity index (χ2v) is 12.1. The summed E-state index contributed by atoms with van der Waals surface area (Å²) in [6.45, 7) is 3.76. The highest BCUT2D eigenvalue weighted by atomic mass is 16.6. The summed E-state index contributed by atoms with van der Waals surface area (Å²) in [6.07, 6.45) is 4.84. The van der Waals surface area contributed by atoms with E-state index in [2.05, 4.69) is 47.6 Å². The summed E-state index contributed by atoms with van der Waals surface area (Å²) in [7, 11) is 0. The Hall–Kier alpha value is -5.52. The lowest BCUT2D eigenvalue weighted by Crippen LogP contribution is -2.45. The van der Waals surface area contributed by atoms with Crippen molar-refractivity contribution in [3.8, 4) is 0 Å². The fourth-order valence-electron chi connectivity index (χ4n) is 6.71. The molecule has 0 spiro atoms. The largest absolute Gasteiger partial charge is 0.271 e. The zero-order chi connectivity index (χ0) is 32.1. The summed E-state index contributed by atoms with van der Waals surface area (Å²) < 4.78 is 0. The van der Waals surface area contributed by atoms with Crippen molar-refractivity contribution in [1.82, 2.24) is 10.0 Å².